The van der Waals surface area contributed by atoms with Gasteiger partial charge in [0.05, 0.1) is 24.5 Å². The fourth-order valence-corrected chi connectivity index (χ4v) is 6.77. The van der Waals surface area contributed by atoms with Gasteiger partial charge in [-0.3, -0.25) is 14.4 Å². The van der Waals surface area contributed by atoms with Gasteiger partial charge in [0.15, 0.2) is 0 Å². The van der Waals surface area contributed by atoms with Crippen molar-refractivity contribution in [2.45, 2.75) is 74.4 Å². The molecule has 6 atom stereocenters. The van der Waals surface area contributed by atoms with Crippen LogP contribution in [-0.2, 0) is 23.9 Å². The summed E-state index contributed by atoms with van der Waals surface area (Å²) in [5.41, 5.74) is -1.10. The molecule has 1 spiro atoms. The molecule has 0 saturated carbocycles. The molecule has 1 N–H and O–H groups in total. The number of ether oxygens (including phenoxy) is 2. The molecule has 0 radical (unpaired) electrons. The van der Waals surface area contributed by atoms with Gasteiger partial charge in [-0.25, -0.2) is 0 Å². The number of esters is 1. The van der Waals surface area contributed by atoms with Crippen LogP contribution in [0.15, 0.2) is 25.3 Å². The van der Waals surface area contributed by atoms with E-state index < -0.39 is 35.6 Å². The van der Waals surface area contributed by atoms with Crippen LogP contribution in [0.4, 0.5) is 0 Å². The highest BCUT2D eigenvalue weighted by molar-refractivity contribution is 9.09. The molecule has 2 bridgehead atoms. The van der Waals surface area contributed by atoms with Crippen molar-refractivity contribution < 1.29 is 29.0 Å². The first kappa shape index (κ1) is 27.9. The third kappa shape index (κ3) is 5.37. The van der Waals surface area contributed by atoms with Gasteiger partial charge >= 0.3 is 5.97 Å². The van der Waals surface area contributed by atoms with Crippen molar-refractivity contribution in [3.05, 3.63) is 25.3 Å². The number of carbonyl (C=O) groups excluding carboxylic acids is 3. The highest BCUT2D eigenvalue weighted by Crippen LogP contribution is 2.60. The molecule has 0 aromatic carbocycles. The van der Waals surface area contributed by atoms with E-state index in [4.69, 9.17) is 9.47 Å². The van der Waals surface area contributed by atoms with Crippen molar-refractivity contribution in [3.8, 4) is 0 Å². The number of hydrogen-bond acceptors (Lipinski definition) is 6. The maximum atomic E-state index is 14.0. The Morgan fingerprint density at radius 3 is 2.71 bits per heavy atom. The van der Waals surface area contributed by atoms with Gasteiger partial charge in [-0.05, 0) is 32.1 Å². The molecule has 3 saturated heterocycles. The Labute approximate surface area is 216 Å². The SMILES string of the molecule is C=CCCCOC(=O)[C@H]1[C@H]2C(=O)N(CCCO)C(C(=O)N(CC=C)CCCCC)C23CC(Br)[C@@H]1O3. The normalized spacial score (nSPS) is 30.9. The van der Waals surface area contributed by atoms with Crippen molar-refractivity contribution in [2.75, 3.05) is 32.8 Å². The van der Waals surface area contributed by atoms with E-state index in [9.17, 15) is 19.5 Å². The van der Waals surface area contributed by atoms with Crippen LogP contribution in [0.3, 0.4) is 0 Å². The van der Waals surface area contributed by atoms with E-state index in [1.54, 1.807) is 22.0 Å². The Morgan fingerprint density at radius 2 is 2.06 bits per heavy atom. The average molecular weight is 556 g/mol. The molecule has 3 aliphatic heterocycles. The van der Waals surface area contributed by atoms with Crippen molar-refractivity contribution in [1.29, 1.82) is 0 Å². The number of halogens is 1. The molecule has 35 heavy (non-hydrogen) atoms. The minimum absolute atomic E-state index is 0.103. The van der Waals surface area contributed by atoms with E-state index in [2.05, 4.69) is 36.0 Å². The predicted molar refractivity (Wildman–Crippen MR) is 136 cm³/mol. The van der Waals surface area contributed by atoms with Gasteiger partial charge < -0.3 is 24.4 Å². The smallest absolute Gasteiger partial charge is 0.312 e. The molecule has 0 aliphatic carbocycles. The van der Waals surface area contributed by atoms with Crippen LogP contribution in [0, 0.1) is 11.8 Å². The number of unbranched alkanes of at least 4 members (excludes halogenated alkanes) is 3. The fourth-order valence-electron chi connectivity index (χ4n) is 5.83. The molecule has 3 rings (SSSR count). The number of aliphatic hydroxyl groups is 1. The number of aliphatic hydroxyl groups excluding tert-OH is 1. The van der Waals surface area contributed by atoms with E-state index in [1.165, 1.54) is 0 Å². The first-order valence-corrected chi connectivity index (χ1v) is 13.7. The molecule has 3 aliphatic rings. The van der Waals surface area contributed by atoms with E-state index in [1.807, 2.05) is 0 Å². The molecule has 9 heteroatoms. The van der Waals surface area contributed by atoms with Crippen molar-refractivity contribution in [2.24, 2.45) is 11.8 Å². The number of hydrogen-bond donors (Lipinski definition) is 1. The lowest BCUT2D eigenvalue weighted by molar-refractivity contribution is -0.155. The number of amides is 2. The summed E-state index contributed by atoms with van der Waals surface area (Å²) < 4.78 is 12.0. The van der Waals surface area contributed by atoms with Crippen LogP contribution < -0.4 is 0 Å². The number of likely N-dealkylation sites (tertiary alicyclic amines) is 1. The van der Waals surface area contributed by atoms with Gasteiger partial charge in [0.25, 0.3) is 0 Å². The lowest BCUT2D eigenvalue weighted by Crippen LogP contribution is -2.57. The maximum absolute atomic E-state index is 14.0. The Morgan fingerprint density at radius 1 is 1.29 bits per heavy atom. The molecule has 8 nitrogen and oxygen atoms in total. The highest BCUT2D eigenvalue weighted by Gasteiger charge is 2.77. The van der Waals surface area contributed by atoms with Crippen molar-refractivity contribution in [3.63, 3.8) is 0 Å². The second kappa shape index (κ2) is 12.5. The Bertz CT molecular complexity index is 807. The standard InChI is InChI=1S/C26H39BrN2O6/c1-4-7-9-13-28(12-6-3)24(32)22-26-17-18(27)21(35-26)19(25(33)34-16-10-8-5-2)20(26)23(31)29(22)14-11-15-30/h5-6,18-22,30H,2-4,7-17H2,1H3/t18?,19-,20-,21-,22?,26?/m0/s1. The summed E-state index contributed by atoms with van der Waals surface area (Å²) in [7, 11) is 0. The summed E-state index contributed by atoms with van der Waals surface area (Å²) in [6.45, 7) is 10.9. The molecule has 2 amide bonds. The summed E-state index contributed by atoms with van der Waals surface area (Å²) in [4.78, 5) is 44.1. The first-order valence-electron chi connectivity index (χ1n) is 12.8. The van der Waals surface area contributed by atoms with Gasteiger partial charge in [-0.1, -0.05) is 47.8 Å². The molecule has 3 heterocycles. The monoisotopic (exact) mass is 554 g/mol. The molecular weight excluding hydrogens is 516 g/mol. The topological polar surface area (TPSA) is 96.4 Å². The quantitative estimate of drug-likeness (QED) is 0.145. The Hall–Kier alpha value is -1.71. The van der Waals surface area contributed by atoms with E-state index in [0.717, 1.165) is 25.7 Å². The zero-order valence-corrected chi connectivity index (χ0v) is 22.3. The highest BCUT2D eigenvalue weighted by atomic mass is 79.9. The molecule has 3 unspecified atom stereocenters. The number of alkyl halides is 1. The maximum Gasteiger partial charge on any atom is 0.312 e. The van der Waals surface area contributed by atoms with Crippen LogP contribution in [0.2, 0.25) is 0 Å². The van der Waals surface area contributed by atoms with Crippen LogP contribution in [0.25, 0.3) is 0 Å². The number of rotatable bonds is 15. The van der Waals surface area contributed by atoms with Crippen molar-refractivity contribution in [1.82, 2.24) is 9.80 Å². The average Bonchev–Trinajstić information content (AvgIpc) is 3.43. The summed E-state index contributed by atoms with van der Waals surface area (Å²) in [6.07, 6.45) is 7.99. The Kier molecular flexibility index (Phi) is 9.95. The number of carbonyl (C=O) groups is 3. The van der Waals surface area contributed by atoms with Crippen LogP contribution in [0.1, 0.15) is 51.9 Å². The lowest BCUT2D eigenvalue weighted by atomic mass is 9.70. The zero-order valence-electron chi connectivity index (χ0n) is 20.7. The summed E-state index contributed by atoms with van der Waals surface area (Å²) in [6, 6.07) is -0.850. The van der Waals surface area contributed by atoms with Crippen molar-refractivity contribution >= 4 is 33.7 Å². The third-order valence-corrected chi connectivity index (χ3v) is 8.19. The molecule has 0 aromatic rings. The van der Waals surface area contributed by atoms with Gasteiger partial charge in [0.1, 0.15) is 11.6 Å². The third-order valence-electron chi connectivity index (χ3n) is 7.34. The lowest BCUT2D eigenvalue weighted by Gasteiger charge is -2.37. The van der Waals surface area contributed by atoms with Crippen LogP contribution >= 0.6 is 15.9 Å². The Balaban J connectivity index is 1.92. The van der Waals surface area contributed by atoms with E-state index in [0.29, 0.717) is 32.4 Å². The zero-order chi connectivity index (χ0) is 25.6. The molecular formula is C26H39BrN2O6. The second-order valence-electron chi connectivity index (χ2n) is 9.65. The van der Waals surface area contributed by atoms with Gasteiger partial charge in [0.2, 0.25) is 11.8 Å². The molecule has 0 aromatic heterocycles. The summed E-state index contributed by atoms with van der Waals surface area (Å²) in [5.74, 6) is -2.45. The number of fused-ring (bicyclic) bond motifs is 1. The largest absolute Gasteiger partial charge is 0.465 e. The van der Waals surface area contributed by atoms with Gasteiger partial charge in [-0.15, -0.1) is 13.2 Å². The number of allylic oxidation sites excluding steroid dienone is 1. The van der Waals surface area contributed by atoms with Crippen LogP contribution in [0.5, 0.6) is 0 Å². The van der Waals surface area contributed by atoms with Gasteiger partial charge in [0, 0.05) is 31.1 Å². The van der Waals surface area contributed by atoms with Crippen LogP contribution in [-0.4, -0.2) is 88.1 Å². The fraction of sp³-hybridized carbons (Fsp3) is 0.731. The van der Waals surface area contributed by atoms with E-state index >= 15 is 0 Å². The molecule has 196 valence electrons. The second-order valence-corrected chi connectivity index (χ2v) is 10.8. The molecule has 3 fully saturated rings. The first-order chi connectivity index (χ1) is 16.9. The minimum atomic E-state index is -1.10. The summed E-state index contributed by atoms with van der Waals surface area (Å²) in [5, 5.41) is 9.46. The van der Waals surface area contributed by atoms with E-state index in [-0.39, 0.29) is 36.4 Å². The number of nitrogens with zero attached hydrogens (tertiary/aromatic N) is 2. The minimum Gasteiger partial charge on any atom is -0.465 e. The summed E-state index contributed by atoms with van der Waals surface area (Å²) >= 11 is 3.66. The van der Waals surface area contributed by atoms with Gasteiger partial charge in [-0.2, -0.15) is 0 Å². The predicted octanol–water partition coefficient (Wildman–Crippen LogP) is 2.83.